The van der Waals surface area contributed by atoms with Crippen molar-refractivity contribution in [1.82, 2.24) is 0 Å². The maximum absolute atomic E-state index is 12.2. The zero-order chi connectivity index (χ0) is 12.5. The van der Waals surface area contributed by atoms with E-state index in [9.17, 15) is 23.3 Å². The smallest absolute Gasteiger partial charge is 0.418 e. The first-order valence-electron chi connectivity index (χ1n) is 3.95. The van der Waals surface area contributed by atoms with Gasteiger partial charge < -0.3 is 10.2 Å². The Kier molecular flexibility index (Phi) is 3.04. The third-order valence-electron chi connectivity index (χ3n) is 1.81. The molecular weight excluding hydrogens is 231 g/mol. The molecule has 88 valence electrons. The van der Waals surface area contributed by atoms with E-state index in [4.69, 9.17) is 10.2 Å². The van der Waals surface area contributed by atoms with Crippen molar-refractivity contribution in [2.45, 2.75) is 12.3 Å². The van der Waals surface area contributed by atoms with E-state index in [1.54, 1.807) is 0 Å². The van der Waals surface area contributed by atoms with Crippen molar-refractivity contribution in [3.63, 3.8) is 0 Å². The van der Waals surface area contributed by atoms with Crippen molar-refractivity contribution in [3.05, 3.63) is 33.9 Å². The molecule has 0 aliphatic heterocycles. The van der Waals surface area contributed by atoms with Gasteiger partial charge in [-0.05, 0) is 12.1 Å². The first-order valence-corrected chi connectivity index (χ1v) is 3.95. The Balaban J connectivity index is 3.30. The molecule has 0 aliphatic rings. The van der Waals surface area contributed by atoms with Crippen LogP contribution in [-0.2, 0) is 0 Å². The molecule has 1 aromatic rings. The quantitative estimate of drug-likeness (QED) is 0.607. The van der Waals surface area contributed by atoms with Crippen LogP contribution in [0.2, 0.25) is 0 Å². The van der Waals surface area contributed by atoms with Gasteiger partial charge >= 0.3 is 6.18 Å². The monoisotopic (exact) mass is 237 g/mol. The van der Waals surface area contributed by atoms with Gasteiger partial charge in [0.1, 0.15) is 5.75 Å². The third kappa shape index (κ3) is 2.40. The number of benzene rings is 1. The summed E-state index contributed by atoms with van der Waals surface area (Å²) >= 11 is 0. The lowest BCUT2D eigenvalue weighted by Crippen LogP contribution is -2.21. The highest BCUT2D eigenvalue weighted by molar-refractivity contribution is 5.46. The highest BCUT2D eigenvalue weighted by Crippen LogP contribution is 2.38. The van der Waals surface area contributed by atoms with Gasteiger partial charge in [0, 0.05) is 6.07 Å². The van der Waals surface area contributed by atoms with Gasteiger partial charge in [-0.3, -0.25) is 10.1 Å². The molecule has 0 saturated carbocycles. The molecule has 0 spiro atoms. The summed E-state index contributed by atoms with van der Waals surface area (Å²) in [5.74, 6) is -0.594. The van der Waals surface area contributed by atoms with Crippen molar-refractivity contribution < 1.29 is 28.3 Å². The van der Waals surface area contributed by atoms with Crippen LogP contribution in [0, 0.1) is 10.1 Å². The molecular formula is C8H6F3NO4. The normalized spacial score (nSPS) is 13.5. The van der Waals surface area contributed by atoms with Crippen LogP contribution < -0.4 is 0 Å². The number of aliphatic hydroxyl groups is 1. The highest BCUT2D eigenvalue weighted by atomic mass is 19.4. The topological polar surface area (TPSA) is 83.6 Å². The number of halogens is 3. The summed E-state index contributed by atoms with van der Waals surface area (Å²) in [5, 5.41) is 28.2. The second kappa shape index (κ2) is 3.97. The number of nitro benzene ring substituents is 1. The van der Waals surface area contributed by atoms with E-state index >= 15 is 0 Å². The second-order valence-electron chi connectivity index (χ2n) is 2.94. The maximum atomic E-state index is 12.2. The van der Waals surface area contributed by atoms with Gasteiger partial charge in [0.25, 0.3) is 5.69 Å². The van der Waals surface area contributed by atoms with E-state index < -0.39 is 34.2 Å². The number of alkyl halides is 3. The Morgan fingerprint density at radius 3 is 2.38 bits per heavy atom. The fourth-order valence-electron chi connectivity index (χ4n) is 1.10. The number of aromatic hydroxyl groups is 1. The zero-order valence-corrected chi connectivity index (χ0v) is 7.60. The van der Waals surface area contributed by atoms with Crippen LogP contribution in [0.15, 0.2) is 18.2 Å². The minimum absolute atomic E-state index is 0.510. The molecule has 8 heteroatoms. The Morgan fingerprint density at radius 2 is 1.94 bits per heavy atom. The van der Waals surface area contributed by atoms with E-state index in [0.717, 1.165) is 6.07 Å². The van der Waals surface area contributed by atoms with Crippen molar-refractivity contribution in [3.8, 4) is 5.75 Å². The van der Waals surface area contributed by atoms with Crippen LogP contribution in [0.3, 0.4) is 0 Å². The molecule has 2 N–H and O–H groups in total. The van der Waals surface area contributed by atoms with E-state index in [2.05, 4.69) is 0 Å². The number of hydrogen-bond donors (Lipinski definition) is 2. The van der Waals surface area contributed by atoms with E-state index in [1.807, 2.05) is 0 Å². The third-order valence-corrected chi connectivity index (χ3v) is 1.81. The minimum Gasteiger partial charge on any atom is -0.508 e. The predicted octanol–water partition coefficient (Wildman–Crippen LogP) is 1.90. The van der Waals surface area contributed by atoms with Gasteiger partial charge in [0.15, 0.2) is 6.10 Å². The van der Waals surface area contributed by atoms with Crippen LogP contribution in [0.4, 0.5) is 18.9 Å². The van der Waals surface area contributed by atoms with Gasteiger partial charge in [0.05, 0.1) is 10.5 Å². The predicted molar refractivity (Wildman–Crippen MR) is 45.8 cm³/mol. The van der Waals surface area contributed by atoms with Gasteiger partial charge in [0.2, 0.25) is 0 Å². The molecule has 0 amide bonds. The minimum atomic E-state index is -5.03. The standard InChI is InChI=1S/C8H6F3NO4/c9-8(10,11)7(14)5-3-4(13)1-2-6(5)12(15)16/h1-3,7,13-14H/t7-/m0/s1. The molecule has 0 unspecified atom stereocenters. The molecule has 0 heterocycles. The number of aliphatic hydroxyl groups excluding tert-OH is 1. The molecule has 1 aromatic carbocycles. The van der Waals surface area contributed by atoms with Crippen molar-refractivity contribution in [2.24, 2.45) is 0 Å². The molecule has 0 aliphatic carbocycles. The van der Waals surface area contributed by atoms with Gasteiger partial charge in [-0.1, -0.05) is 0 Å². The fraction of sp³-hybridized carbons (Fsp3) is 0.250. The summed E-state index contributed by atoms with van der Waals surface area (Å²) in [6, 6.07) is 2.07. The average molecular weight is 237 g/mol. The number of rotatable bonds is 2. The molecule has 1 atom stereocenters. The summed E-state index contributed by atoms with van der Waals surface area (Å²) in [6.07, 6.45) is -8.03. The van der Waals surface area contributed by atoms with Crippen LogP contribution in [0.1, 0.15) is 11.7 Å². The lowest BCUT2D eigenvalue weighted by Gasteiger charge is -2.14. The Hall–Kier alpha value is -1.83. The Bertz CT molecular complexity index is 418. The van der Waals surface area contributed by atoms with Crippen molar-refractivity contribution in [2.75, 3.05) is 0 Å². The summed E-state index contributed by atoms with van der Waals surface area (Å²) in [6.45, 7) is 0. The lowest BCUT2D eigenvalue weighted by molar-refractivity contribution is -0.387. The average Bonchev–Trinajstić information content (AvgIpc) is 2.14. The molecule has 0 saturated heterocycles. The number of phenols is 1. The number of nitro groups is 1. The summed E-state index contributed by atoms with van der Waals surface area (Å²) < 4.78 is 36.5. The second-order valence-corrected chi connectivity index (χ2v) is 2.94. The lowest BCUT2D eigenvalue weighted by atomic mass is 10.1. The number of nitrogens with zero attached hydrogens (tertiary/aromatic N) is 1. The fourth-order valence-corrected chi connectivity index (χ4v) is 1.10. The van der Waals surface area contributed by atoms with E-state index in [1.165, 1.54) is 0 Å². The van der Waals surface area contributed by atoms with Crippen LogP contribution >= 0.6 is 0 Å². The molecule has 1 rings (SSSR count). The van der Waals surface area contributed by atoms with Crippen LogP contribution in [-0.4, -0.2) is 21.3 Å². The summed E-state index contributed by atoms with van der Waals surface area (Å²) in [7, 11) is 0. The van der Waals surface area contributed by atoms with Crippen molar-refractivity contribution >= 4 is 5.69 Å². The first kappa shape index (κ1) is 12.2. The van der Waals surface area contributed by atoms with Gasteiger partial charge in [-0.25, -0.2) is 0 Å². The summed E-state index contributed by atoms with van der Waals surface area (Å²) in [4.78, 5) is 9.34. The molecule has 16 heavy (non-hydrogen) atoms. The zero-order valence-electron chi connectivity index (χ0n) is 7.60. The number of phenolic OH excluding ortho intramolecular Hbond substituents is 1. The van der Waals surface area contributed by atoms with Gasteiger partial charge in [-0.2, -0.15) is 13.2 Å². The van der Waals surface area contributed by atoms with Crippen molar-refractivity contribution in [1.29, 1.82) is 0 Å². The maximum Gasteiger partial charge on any atom is 0.418 e. The SMILES string of the molecule is O=[N+]([O-])c1ccc(O)cc1[C@H](O)C(F)(F)F. The van der Waals surface area contributed by atoms with E-state index in [0.29, 0.717) is 12.1 Å². The number of hydrogen-bond acceptors (Lipinski definition) is 4. The summed E-state index contributed by atoms with van der Waals surface area (Å²) in [5.41, 5.74) is -1.89. The Morgan fingerprint density at radius 1 is 1.38 bits per heavy atom. The molecule has 0 radical (unpaired) electrons. The first-order chi connectivity index (χ1) is 7.23. The molecule has 5 nitrogen and oxygen atoms in total. The highest BCUT2D eigenvalue weighted by Gasteiger charge is 2.42. The Labute approximate surface area is 86.9 Å². The molecule has 0 bridgehead atoms. The van der Waals surface area contributed by atoms with Crippen LogP contribution in [0.5, 0.6) is 5.75 Å². The van der Waals surface area contributed by atoms with E-state index in [-0.39, 0.29) is 0 Å². The molecule has 0 aromatic heterocycles. The van der Waals surface area contributed by atoms with Gasteiger partial charge in [-0.15, -0.1) is 0 Å². The largest absolute Gasteiger partial charge is 0.508 e. The molecule has 0 fully saturated rings. The van der Waals surface area contributed by atoms with Crippen LogP contribution in [0.25, 0.3) is 0 Å².